The Morgan fingerprint density at radius 3 is 2.54 bits per heavy atom. The summed E-state index contributed by atoms with van der Waals surface area (Å²) in [6, 6.07) is 16.5. The number of thiazole rings is 2. The first-order valence-electron chi connectivity index (χ1n) is 7.93. The van der Waals surface area contributed by atoms with Crippen LogP contribution in [0.3, 0.4) is 0 Å². The quantitative estimate of drug-likeness (QED) is 0.457. The third-order valence-corrected chi connectivity index (χ3v) is 5.05. The summed E-state index contributed by atoms with van der Waals surface area (Å²) in [6.45, 7) is 6.03. The summed E-state index contributed by atoms with van der Waals surface area (Å²) in [7, 11) is 0. The van der Waals surface area contributed by atoms with E-state index in [2.05, 4.69) is 44.9 Å². The molecule has 122 valence electrons. The second kappa shape index (κ2) is 7.55. The molecule has 4 aromatic rings. The number of para-hydroxylation sites is 1. The third-order valence-electron chi connectivity index (χ3n) is 3.32. The average Bonchev–Trinajstić information content (AvgIpc) is 3.22. The molecule has 0 atom stereocenters. The smallest absolute Gasteiger partial charge is 0.188 e. The van der Waals surface area contributed by atoms with Crippen molar-refractivity contribution >= 4 is 43.7 Å². The van der Waals surface area contributed by atoms with Crippen molar-refractivity contribution in [2.24, 2.45) is 0 Å². The molecule has 0 spiro atoms. The lowest BCUT2D eigenvalue weighted by Gasteiger charge is -2.04. The van der Waals surface area contributed by atoms with Gasteiger partial charge >= 0.3 is 0 Å². The predicted octanol–water partition coefficient (Wildman–Crippen LogP) is 6.50. The fourth-order valence-electron chi connectivity index (χ4n) is 2.30. The third kappa shape index (κ3) is 3.63. The first-order chi connectivity index (χ1) is 11.8. The molecular weight excluding hydrogens is 334 g/mol. The van der Waals surface area contributed by atoms with Crippen LogP contribution in [0.25, 0.3) is 21.5 Å². The monoisotopic (exact) mass is 353 g/mol. The first-order valence-corrected chi connectivity index (χ1v) is 9.63. The van der Waals surface area contributed by atoms with Crippen molar-refractivity contribution in [1.29, 1.82) is 0 Å². The topological polar surface area (TPSA) is 37.8 Å². The summed E-state index contributed by atoms with van der Waals surface area (Å²) >= 11 is 3.33. The minimum Gasteiger partial charge on any atom is -0.332 e. The summed E-state index contributed by atoms with van der Waals surface area (Å²) in [5, 5.41) is 7.48. The number of anilines is 2. The van der Waals surface area contributed by atoms with Crippen molar-refractivity contribution in [3.05, 3.63) is 58.9 Å². The number of aromatic nitrogens is 2. The van der Waals surface area contributed by atoms with Gasteiger partial charge in [0, 0.05) is 16.6 Å². The van der Waals surface area contributed by atoms with Crippen LogP contribution in [0.15, 0.2) is 53.9 Å². The summed E-state index contributed by atoms with van der Waals surface area (Å²) in [5.74, 6) is 0. The molecule has 4 rings (SSSR count). The minimum atomic E-state index is 0.910. The average molecular weight is 354 g/mol. The van der Waals surface area contributed by atoms with Crippen LogP contribution in [-0.4, -0.2) is 9.97 Å². The van der Waals surface area contributed by atoms with Gasteiger partial charge in [-0.2, -0.15) is 0 Å². The standard InChI is InChI=1S/C17H13N3S2.C2H6/c1-11-18-15(10-21-11)12-5-4-6-13(9-12)19-17-20-14-7-2-3-8-16(14)22-17;1-2/h2-10H,1H3,(H,19,20);1-2H3. The SMILES string of the molecule is CC.Cc1nc(-c2cccc(Nc3nc4ccccc4s3)c2)cs1. The van der Waals surface area contributed by atoms with Crippen LogP contribution in [0.4, 0.5) is 10.8 Å². The largest absolute Gasteiger partial charge is 0.332 e. The van der Waals surface area contributed by atoms with Crippen molar-refractivity contribution in [3.63, 3.8) is 0 Å². The van der Waals surface area contributed by atoms with E-state index in [1.54, 1.807) is 22.7 Å². The van der Waals surface area contributed by atoms with Gasteiger partial charge in [-0.15, -0.1) is 11.3 Å². The van der Waals surface area contributed by atoms with E-state index < -0.39 is 0 Å². The van der Waals surface area contributed by atoms with Gasteiger partial charge in [0.15, 0.2) is 5.13 Å². The molecule has 0 unspecified atom stereocenters. The van der Waals surface area contributed by atoms with Crippen molar-refractivity contribution in [2.75, 3.05) is 5.32 Å². The fourth-order valence-corrected chi connectivity index (χ4v) is 3.81. The van der Waals surface area contributed by atoms with Gasteiger partial charge in [0.05, 0.1) is 20.9 Å². The highest BCUT2D eigenvalue weighted by Crippen LogP contribution is 2.30. The second-order valence-electron chi connectivity index (χ2n) is 4.94. The zero-order valence-electron chi connectivity index (χ0n) is 13.9. The highest BCUT2D eigenvalue weighted by Gasteiger charge is 2.06. The number of hydrogen-bond donors (Lipinski definition) is 1. The molecule has 0 amide bonds. The Labute approximate surface area is 150 Å². The van der Waals surface area contributed by atoms with E-state index in [0.29, 0.717) is 0 Å². The van der Waals surface area contributed by atoms with E-state index >= 15 is 0 Å². The molecular formula is C19H19N3S2. The lowest BCUT2D eigenvalue weighted by atomic mass is 10.1. The van der Waals surface area contributed by atoms with Gasteiger partial charge in [0.25, 0.3) is 0 Å². The maximum Gasteiger partial charge on any atom is 0.188 e. The van der Waals surface area contributed by atoms with E-state index in [0.717, 1.165) is 32.6 Å². The minimum absolute atomic E-state index is 0.910. The predicted molar refractivity (Wildman–Crippen MR) is 107 cm³/mol. The Bertz CT molecular complexity index is 907. The highest BCUT2D eigenvalue weighted by molar-refractivity contribution is 7.22. The van der Waals surface area contributed by atoms with E-state index in [-0.39, 0.29) is 0 Å². The van der Waals surface area contributed by atoms with Gasteiger partial charge < -0.3 is 5.32 Å². The van der Waals surface area contributed by atoms with Gasteiger partial charge in [0.2, 0.25) is 0 Å². The fraction of sp³-hybridized carbons (Fsp3) is 0.158. The summed E-state index contributed by atoms with van der Waals surface area (Å²) in [4.78, 5) is 9.15. The molecule has 5 heteroatoms. The molecule has 2 heterocycles. The van der Waals surface area contributed by atoms with Crippen LogP contribution >= 0.6 is 22.7 Å². The van der Waals surface area contributed by atoms with Crippen LogP contribution in [0.2, 0.25) is 0 Å². The summed E-state index contributed by atoms with van der Waals surface area (Å²) < 4.78 is 1.19. The van der Waals surface area contributed by atoms with Gasteiger partial charge in [-0.3, -0.25) is 0 Å². The van der Waals surface area contributed by atoms with Crippen molar-refractivity contribution in [3.8, 4) is 11.3 Å². The first kappa shape index (κ1) is 16.6. The second-order valence-corrected chi connectivity index (χ2v) is 7.04. The maximum absolute atomic E-state index is 4.61. The number of benzene rings is 2. The number of aryl methyl sites for hydroxylation is 1. The highest BCUT2D eigenvalue weighted by atomic mass is 32.1. The molecule has 2 aromatic carbocycles. The molecule has 0 aliphatic heterocycles. The molecule has 1 N–H and O–H groups in total. The summed E-state index contributed by atoms with van der Waals surface area (Å²) in [6.07, 6.45) is 0. The number of nitrogens with one attached hydrogen (secondary N) is 1. The number of hydrogen-bond acceptors (Lipinski definition) is 5. The maximum atomic E-state index is 4.61. The zero-order chi connectivity index (χ0) is 16.9. The normalized spacial score (nSPS) is 10.3. The molecule has 2 aromatic heterocycles. The van der Waals surface area contributed by atoms with Gasteiger partial charge in [-0.05, 0) is 31.2 Å². The molecule has 0 fully saturated rings. The van der Waals surface area contributed by atoms with Crippen molar-refractivity contribution < 1.29 is 0 Å². The molecule has 3 nitrogen and oxygen atoms in total. The Balaban J connectivity index is 0.000000815. The molecule has 0 aliphatic carbocycles. The lowest BCUT2D eigenvalue weighted by Crippen LogP contribution is -1.89. The van der Waals surface area contributed by atoms with Gasteiger partial charge in [-0.25, -0.2) is 9.97 Å². The van der Waals surface area contributed by atoms with E-state index in [1.807, 2.05) is 45.0 Å². The van der Waals surface area contributed by atoms with Crippen molar-refractivity contribution in [1.82, 2.24) is 9.97 Å². The Hall–Kier alpha value is -2.24. The number of fused-ring (bicyclic) bond motifs is 1. The van der Waals surface area contributed by atoms with Gasteiger partial charge in [0.1, 0.15) is 0 Å². The van der Waals surface area contributed by atoms with Crippen LogP contribution in [0, 0.1) is 6.92 Å². The Morgan fingerprint density at radius 2 is 1.79 bits per heavy atom. The van der Waals surface area contributed by atoms with E-state index in [9.17, 15) is 0 Å². The molecule has 0 radical (unpaired) electrons. The van der Waals surface area contributed by atoms with Crippen LogP contribution < -0.4 is 5.32 Å². The van der Waals surface area contributed by atoms with Crippen molar-refractivity contribution in [2.45, 2.75) is 20.8 Å². The Kier molecular flexibility index (Phi) is 5.23. The Morgan fingerprint density at radius 1 is 0.958 bits per heavy atom. The molecule has 0 saturated carbocycles. The zero-order valence-corrected chi connectivity index (χ0v) is 15.5. The van der Waals surface area contributed by atoms with Crippen LogP contribution in [-0.2, 0) is 0 Å². The lowest BCUT2D eigenvalue weighted by molar-refractivity contribution is 1.30. The van der Waals surface area contributed by atoms with Gasteiger partial charge in [-0.1, -0.05) is 49.4 Å². The number of rotatable bonds is 3. The van der Waals surface area contributed by atoms with Crippen LogP contribution in [0.1, 0.15) is 18.9 Å². The van der Waals surface area contributed by atoms with E-state index in [4.69, 9.17) is 0 Å². The van der Waals surface area contributed by atoms with E-state index in [1.165, 1.54) is 4.70 Å². The number of nitrogens with zero attached hydrogens (tertiary/aromatic N) is 2. The molecule has 0 bridgehead atoms. The molecule has 24 heavy (non-hydrogen) atoms. The van der Waals surface area contributed by atoms with Crippen LogP contribution in [0.5, 0.6) is 0 Å². The molecule has 0 saturated heterocycles. The molecule has 0 aliphatic rings. The summed E-state index contributed by atoms with van der Waals surface area (Å²) in [5.41, 5.74) is 4.20.